The van der Waals surface area contributed by atoms with Gasteiger partial charge in [-0.2, -0.15) is 0 Å². The zero-order valence-corrected chi connectivity index (χ0v) is 9.95. The number of rotatable bonds is 4. The number of benzene rings is 2. The van der Waals surface area contributed by atoms with Crippen LogP contribution in [0.5, 0.6) is 11.5 Å². The zero-order chi connectivity index (χ0) is 13.8. The molecule has 0 heterocycles. The summed E-state index contributed by atoms with van der Waals surface area (Å²) in [5.41, 5.74) is 0.669. The highest BCUT2D eigenvalue weighted by Gasteiger charge is 2.18. The molecular weight excluding hydrogens is 250 g/mol. The van der Waals surface area contributed by atoms with Gasteiger partial charge in [0.1, 0.15) is 23.9 Å². The van der Waals surface area contributed by atoms with E-state index in [2.05, 4.69) is 0 Å². The monoisotopic (exact) mass is 262 g/mol. The fourth-order valence-corrected chi connectivity index (χ4v) is 1.66. The molecule has 2 aromatic rings. The summed E-state index contributed by atoms with van der Waals surface area (Å²) in [7, 11) is -1.81. The number of aromatic hydroxyl groups is 1. The highest BCUT2D eigenvalue weighted by Crippen LogP contribution is 2.15. The Morgan fingerprint density at radius 2 is 1.89 bits per heavy atom. The first-order valence-electron chi connectivity index (χ1n) is 5.62. The maximum absolute atomic E-state index is 13.0. The lowest BCUT2D eigenvalue weighted by Crippen LogP contribution is -2.31. The first-order chi connectivity index (χ1) is 9.06. The Kier molecular flexibility index (Phi) is 4.04. The molecule has 0 atom stereocenters. The van der Waals surface area contributed by atoms with Gasteiger partial charge < -0.3 is 19.9 Å². The normalized spacial score (nSPS) is 10.3. The van der Waals surface area contributed by atoms with Crippen LogP contribution in [0.25, 0.3) is 0 Å². The van der Waals surface area contributed by atoms with Crippen molar-refractivity contribution in [3.05, 3.63) is 53.8 Å². The fraction of sp³-hybridized carbons (Fsp3) is 0.0769. The summed E-state index contributed by atoms with van der Waals surface area (Å²) in [6.07, 6.45) is 0. The van der Waals surface area contributed by atoms with E-state index in [9.17, 15) is 9.50 Å². The Bertz CT molecular complexity index is 574. The molecular formula is C13H12BFO4. The second-order valence-electron chi connectivity index (χ2n) is 4.01. The number of hydrogen-bond donors (Lipinski definition) is 3. The molecule has 2 aromatic carbocycles. The van der Waals surface area contributed by atoms with Crippen LogP contribution in [0.3, 0.4) is 0 Å². The van der Waals surface area contributed by atoms with Crippen molar-refractivity contribution in [2.24, 2.45) is 0 Å². The van der Waals surface area contributed by atoms with Crippen LogP contribution < -0.4 is 10.2 Å². The summed E-state index contributed by atoms with van der Waals surface area (Å²) < 4.78 is 18.4. The van der Waals surface area contributed by atoms with E-state index in [1.807, 2.05) is 0 Å². The van der Waals surface area contributed by atoms with Crippen LogP contribution in [0, 0.1) is 5.82 Å². The van der Waals surface area contributed by atoms with E-state index in [-0.39, 0.29) is 23.6 Å². The molecule has 19 heavy (non-hydrogen) atoms. The average molecular weight is 262 g/mol. The van der Waals surface area contributed by atoms with E-state index in [1.165, 1.54) is 24.3 Å². The number of halogens is 1. The second-order valence-corrected chi connectivity index (χ2v) is 4.01. The Balaban J connectivity index is 2.15. The van der Waals surface area contributed by atoms with Gasteiger partial charge in [-0.1, -0.05) is 12.1 Å². The van der Waals surface area contributed by atoms with Gasteiger partial charge in [0.15, 0.2) is 0 Å². The molecule has 0 unspecified atom stereocenters. The highest BCUT2D eigenvalue weighted by molar-refractivity contribution is 6.59. The lowest BCUT2D eigenvalue weighted by Gasteiger charge is -2.11. The van der Waals surface area contributed by atoms with Crippen molar-refractivity contribution < 1.29 is 24.3 Å². The molecule has 0 spiro atoms. The molecule has 0 aliphatic heterocycles. The molecule has 2 rings (SSSR count). The Hall–Kier alpha value is -2.05. The summed E-state index contributed by atoms with van der Waals surface area (Å²) in [5, 5.41) is 27.6. The Morgan fingerprint density at radius 3 is 2.58 bits per heavy atom. The summed E-state index contributed by atoms with van der Waals surface area (Å²) in [6, 6.07) is 9.97. The minimum atomic E-state index is -1.81. The van der Waals surface area contributed by atoms with Crippen molar-refractivity contribution in [2.45, 2.75) is 6.61 Å². The van der Waals surface area contributed by atoms with Gasteiger partial charge in [-0.15, -0.1) is 0 Å². The van der Waals surface area contributed by atoms with E-state index in [0.717, 1.165) is 6.07 Å². The molecule has 0 amide bonds. The first kappa shape index (κ1) is 13.4. The van der Waals surface area contributed by atoms with Crippen LogP contribution in [-0.4, -0.2) is 22.3 Å². The van der Waals surface area contributed by atoms with Gasteiger partial charge in [0, 0.05) is 5.46 Å². The predicted molar refractivity (Wildman–Crippen MR) is 68.7 cm³/mol. The first-order valence-corrected chi connectivity index (χ1v) is 5.62. The summed E-state index contributed by atoms with van der Waals surface area (Å²) in [6.45, 7) is 0.125. The third-order valence-electron chi connectivity index (χ3n) is 2.55. The lowest BCUT2D eigenvalue weighted by molar-refractivity contribution is 0.305. The van der Waals surface area contributed by atoms with Crippen LogP contribution in [0.1, 0.15) is 5.56 Å². The van der Waals surface area contributed by atoms with Crippen molar-refractivity contribution >= 4 is 12.6 Å². The SMILES string of the molecule is OB(O)c1cc(F)ccc1OCc1cccc(O)c1. The van der Waals surface area contributed by atoms with E-state index >= 15 is 0 Å². The second kappa shape index (κ2) is 5.73. The molecule has 4 nitrogen and oxygen atoms in total. The Labute approximate surface area is 109 Å². The van der Waals surface area contributed by atoms with Crippen molar-refractivity contribution in [3.8, 4) is 11.5 Å². The van der Waals surface area contributed by atoms with Crippen LogP contribution in [-0.2, 0) is 6.61 Å². The van der Waals surface area contributed by atoms with Crippen LogP contribution in [0.2, 0.25) is 0 Å². The number of phenolic OH excluding ortho intramolecular Hbond substituents is 1. The molecule has 0 aliphatic carbocycles. The molecule has 0 aliphatic rings. The van der Waals surface area contributed by atoms with Crippen molar-refractivity contribution in [3.63, 3.8) is 0 Å². The maximum Gasteiger partial charge on any atom is 0.492 e. The fourth-order valence-electron chi connectivity index (χ4n) is 1.66. The summed E-state index contributed by atoms with van der Waals surface area (Å²) in [4.78, 5) is 0. The molecule has 6 heteroatoms. The third kappa shape index (κ3) is 3.46. The predicted octanol–water partition coefficient (Wildman–Crippen LogP) is 0.790. The molecule has 0 saturated carbocycles. The van der Waals surface area contributed by atoms with Crippen molar-refractivity contribution in [2.75, 3.05) is 0 Å². The standard InChI is InChI=1S/C13H12BFO4/c15-10-4-5-13(12(7-10)14(17)18)19-8-9-2-1-3-11(16)6-9/h1-7,16-18H,8H2. The Morgan fingerprint density at radius 1 is 1.11 bits per heavy atom. The van der Waals surface area contributed by atoms with Crippen LogP contribution in [0.15, 0.2) is 42.5 Å². The van der Waals surface area contributed by atoms with Gasteiger partial charge in [-0.25, -0.2) is 4.39 Å². The number of hydrogen-bond acceptors (Lipinski definition) is 4. The van der Waals surface area contributed by atoms with Crippen LogP contribution in [0.4, 0.5) is 4.39 Å². The quantitative estimate of drug-likeness (QED) is 0.712. The van der Waals surface area contributed by atoms with E-state index < -0.39 is 12.9 Å². The lowest BCUT2D eigenvalue weighted by atomic mass is 9.79. The molecule has 0 aromatic heterocycles. The topological polar surface area (TPSA) is 69.9 Å². The van der Waals surface area contributed by atoms with Crippen molar-refractivity contribution in [1.82, 2.24) is 0 Å². The van der Waals surface area contributed by atoms with Gasteiger partial charge in [0.25, 0.3) is 0 Å². The van der Waals surface area contributed by atoms with Gasteiger partial charge in [0.05, 0.1) is 0 Å². The van der Waals surface area contributed by atoms with E-state index in [0.29, 0.717) is 5.56 Å². The third-order valence-corrected chi connectivity index (χ3v) is 2.55. The van der Waals surface area contributed by atoms with E-state index in [4.69, 9.17) is 14.8 Å². The summed E-state index contributed by atoms with van der Waals surface area (Å²) >= 11 is 0. The summed E-state index contributed by atoms with van der Waals surface area (Å²) in [5.74, 6) is -0.282. The van der Waals surface area contributed by atoms with Gasteiger partial charge in [-0.3, -0.25) is 0 Å². The smallest absolute Gasteiger partial charge is 0.492 e. The van der Waals surface area contributed by atoms with Gasteiger partial charge in [-0.05, 0) is 35.9 Å². The minimum Gasteiger partial charge on any atom is -0.508 e. The number of phenols is 1. The maximum atomic E-state index is 13.0. The largest absolute Gasteiger partial charge is 0.508 e. The highest BCUT2D eigenvalue weighted by atomic mass is 19.1. The van der Waals surface area contributed by atoms with E-state index in [1.54, 1.807) is 12.1 Å². The molecule has 0 saturated heterocycles. The molecule has 0 fully saturated rings. The van der Waals surface area contributed by atoms with Gasteiger partial charge >= 0.3 is 7.12 Å². The average Bonchev–Trinajstić information content (AvgIpc) is 2.37. The molecule has 98 valence electrons. The number of ether oxygens (including phenoxy) is 1. The molecule has 3 N–H and O–H groups in total. The van der Waals surface area contributed by atoms with Gasteiger partial charge in [0.2, 0.25) is 0 Å². The minimum absolute atomic E-state index is 0.0415. The zero-order valence-electron chi connectivity index (χ0n) is 9.95. The van der Waals surface area contributed by atoms with Crippen molar-refractivity contribution in [1.29, 1.82) is 0 Å². The van der Waals surface area contributed by atoms with Crippen LogP contribution >= 0.6 is 0 Å². The molecule has 0 bridgehead atoms. The molecule has 0 radical (unpaired) electrons.